The van der Waals surface area contributed by atoms with Crippen molar-refractivity contribution in [3.8, 4) is 0 Å². The molecule has 3 aromatic rings. The van der Waals surface area contributed by atoms with Gasteiger partial charge < -0.3 is 15.1 Å². The van der Waals surface area contributed by atoms with Crippen LogP contribution in [-0.4, -0.2) is 63.3 Å². The third kappa shape index (κ3) is 4.18. The molecule has 0 radical (unpaired) electrons. The monoisotopic (exact) mass is 413 g/mol. The Kier molecular flexibility index (Phi) is 5.64. The fourth-order valence-electron chi connectivity index (χ4n) is 3.62. The van der Waals surface area contributed by atoms with E-state index >= 15 is 0 Å². The first-order valence-electron chi connectivity index (χ1n) is 9.67. The second kappa shape index (κ2) is 8.34. The van der Waals surface area contributed by atoms with Gasteiger partial charge in [-0.25, -0.2) is 9.97 Å². The second-order valence-corrected chi connectivity index (χ2v) is 7.66. The van der Waals surface area contributed by atoms with Crippen LogP contribution in [0.4, 0.5) is 5.82 Å². The lowest BCUT2D eigenvalue weighted by atomic mass is 10.1. The normalized spacial score (nSPS) is 15.7. The number of aryl methyl sites for hydroxylation is 1. The molecule has 4 rings (SSSR count). The summed E-state index contributed by atoms with van der Waals surface area (Å²) in [6, 6.07) is 7.75. The van der Waals surface area contributed by atoms with Crippen LogP contribution in [0.1, 0.15) is 18.5 Å². The fraction of sp³-hybridized carbons (Fsp3) is 0.400. The molecule has 1 fully saturated rings. The van der Waals surface area contributed by atoms with Crippen molar-refractivity contribution in [2.24, 2.45) is 7.05 Å². The van der Waals surface area contributed by atoms with Crippen molar-refractivity contribution in [3.63, 3.8) is 0 Å². The van der Waals surface area contributed by atoms with Crippen LogP contribution in [0.5, 0.6) is 0 Å². The van der Waals surface area contributed by atoms with Crippen LogP contribution in [0.25, 0.3) is 11.0 Å². The van der Waals surface area contributed by atoms with E-state index in [0.29, 0.717) is 24.7 Å². The molecule has 152 valence electrons. The summed E-state index contributed by atoms with van der Waals surface area (Å²) in [7, 11) is 1.87. The second-order valence-electron chi connectivity index (χ2n) is 7.23. The highest BCUT2D eigenvalue weighted by Crippen LogP contribution is 2.23. The fourth-order valence-corrected chi connectivity index (χ4v) is 3.81. The Labute approximate surface area is 174 Å². The zero-order chi connectivity index (χ0) is 20.4. The van der Waals surface area contributed by atoms with Crippen LogP contribution >= 0.6 is 11.6 Å². The molecule has 8 nitrogen and oxygen atoms in total. The molecule has 1 aliphatic heterocycles. The SMILES string of the molecule is CC(NCC(=O)N1CCN(c2ncnc3c2cnn3C)CC1)c1cccc(Cl)c1. The van der Waals surface area contributed by atoms with E-state index in [1.165, 1.54) is 0 Å². The maximum atomic E-state index is 12.6. The van der Waals surface area contributed by atoms with Crippen LogP contribution < -0.4 is 10.2 Å². The zero-order valence-electron chi connectivity index (χ0n) is 16.5. The highest BCUT2D eigenvalue weighted by Gasteiger charge is 2.24. The Bertz CT molecular complexity index is 1010. The predicted molar refractivity (Wildman–Crippen MR) is 113 cm³/mol. The third-order valence-electron chi connectivity index (χ3n) is 5.35. The molecule has 0 spiro atoms. The first-order chi connectivity index (χ1) is 14.0. The highest BCUT2D eigenvalue weighted by atomic mass is 35.5. The number of carbonyl (C=O) groups is 1. The van der Waals surface area contributed by atoms with Crippen molar-refractivity contribution in [3.05, 3.63) is 47.4 Å². The van der Waals surface area contributed by atoms with Crippen LogP contribution in [0, 0.1) is 0 Å². The van der Waals surface area contributed by atoms with Crippen LogP contribution in [0.3, 0.4) is 0 Å². The molecule has 1 aromatic carbocycles. The van der Waals surface area contributed by atoms with Gasteiger partial charge in [-0.1, -0.05) is 23.7 Å². The minimum atomic E-state index is 0.0545. The van der Waals surface area contributed by atoms with Gasteiger partial charge >= 0.3 is 0 Å². The number of nitrogens with one attached hydrogen (secondary N) is 1. The van der Waals surface area contributed by atoms with E-state index in [1.807, 2.05) is 43.1 Å². The molecular formula is C20H24ClN7O. The average Bonchev–Trinajstić information content (AvgIpc) is 3.13. The number of fused-ring (bicyclic) bond motifs is 1. The summed E-state index contributed by atoms with van der Waals surface area (Å²) >= 11 is 6.05. The molecular weight excluding hydrogens is 390 g/mol. The number of piperazine rings is 1. The maximum Gasteiger partial charge on any atom is 0.236 e. The van der Waals surface area contributed by atoms with E-state index in [2.05, 4.69) is 25.3 Å². The first-order valence-corrected chi connectivity index (χ1v) is 10.0. The van der Waals surface area contributed by atoms with Crippen molar-refractivity contribution in [2.45, 2.75) is 13.0 Å². The quantitative estimate of drug-likeness (QED) is 0.689. The van der Waals surface area contributed by atoms with Gasteiger partial charge in [-0.3, -0.25) is 9.48 Å². The molecule has 9 heteroatoms. The molecule has 2 aromatic heterocycles. The van der Waals surface area contributed by atoms with Gasteiger partial charge in [-0.05, 0) is 24.6 Å². The minimum Gasteiger partial charge on any atom is -0.352 e. The molecule has 1 saturated heterocycles. The molecule has 29 heavy (non-hydrogen) atoms. The Morgan fingerprint density at radius 1 is 1.24 bits per heavy atom. The smallest absolute Gasteiger partial charge is 0.236 e. The summed E-state index contributed by atoms with van der Waals surface area (Å²) in [5.41, 5.74) is 1.88. The molecule has 1 atom stereocenters. The zero-order valence-corrected chi connectivity index (χ0v) is 17.3. The van der Waals surface area contributed by atoms with E-state index in [0.717, 1.165) is 35.5 Å². The number of carbonyl (C=O) groups excluding carboxylic acids is 1. The van der Waals surface area contributed by atoms with E-state index in [1.54, 1.807) is 17.2 Å². The number of aromatic nitrogens is 4. The molecule has 1 aliphatic rings. The molecule has 1 unspecified atom stereocenters. The Hall–Kier alpha value is -2.71. The van der Waals surface area contributed by atoms with Gasteiger partial charge in [0.05, 0.1) is 18.1 Å². The van der Waals surface area contributed by atoms with E-state index in [4.69, 9.17) is 11.6 Å². The lowest BCUT2D eigenvalue weighted by molar-refractivity contribution is -0.130. The van der Waals surface area contributed by atoms with Crippen molar-refractivity contribution in [1.82, 2.24) is 30.0 Å². The summed E-state index contributed by atoms with van der Waals surface area (Å²) in [6.45, 7) is 5.13. The van der Waals surface area contributed by atoms with Crippen molar-refractivity contribution in [1.29, 1.82) is 0 Å². The number of halogens is 1. The molecule has 3 heterocycles. The number of anilines is 1. The summed E-state index contributed by atoms with van der Waals surface area (Å²) in [5, 5.41) is 9.21. The van der Waals surface area contributed by atoms with Gasteiger partial charge in [0.15, 0.2) is 5.65 Å². The Morgan fingerprint density at radius 3 is 2.79 bits per heavy atom. The summed E-state index contributed by atoms with van der Waals surface area (Å²) < 4.78 is 1.74. The van der Waals surface area contributed by atoms with Crippen LogP contribution in [0.15, 0.2) is 36.8 Å². The van der Waals surface area contributed by atoms with Gasteiger partial charge in [0, 0.05) is 44.3 Å². The Morgan fingerprint density at radius 2 is 2.03 bits per heavy atom. The predicted octanol–water partition coefficient (Wildman–Crippen LogP) is 2.02. The number of benzene rings is 1. The number of nitrogens with zero attached hydrogens (tertiary/aromatic N) is 6. The van der Waals surface area contributed by atoms with E-state index in [9.17, 15) is 4.79 Å². The van der Waals surface area contributed by atoms with Gasteiger partial charge in [-0.2, -0.15) is 5.10 Å². The standard InChI is InChI=1S/C20H24ClN7O/c1-14(15-4-3-5-16(21)10-15)22-12-18(29)27-6-8-28(9-7-27)20-17-11-25-26(2)19(17)23-13-24-20/h3-5,10-11,13-14,22H,6-9,12H2,1-2H3. The molecule has 1 N–H and O–H groups in total. The van der Waals surface area contributed by atoms with E-state index in [-0.39, 0.29) is 11.9 Å². The molecule has 0 aliphatic carbocycles. The lowest BCUT2D eigenvalue weighted by Crippen LogP contribution is -2.51. The number of amides is 1. The number of hydrogen-bond donors (Lipinski definition) is 1. The van der Waals surface area contributed by atoms with Gasteiger partial charge in [0.2, 0.25) is 5.91 Å². The summed E-state index contributed by atoms with van der Waals surface area (Å²) in [6.07, 6.45) is 3.36. The van der Waals surface area contributed by atoms with Crippen molar-refractivity contribution in [2.75, 3.05) is 37.6 Å². The molecule has 0 bridgehead atoms. The lowest BCUT2D eigenvalue weighted by Gasteiger charge is -2.35. The van der Waals surface area contributed by atoms with Crippen molar-refractivity contribution >= 4 is 34.4 Å². The first kappa shape index (κ1) is 19.6. The van der Waals surface area contributed by atoms with Gasteiger partial charge in [0.1, 0.15) is 12.1 Å². The van der Waals surface area contributed by atoms with Crippen LogP contribution in [0.2, 0.25) is 5.02 Å². The van der Waals surface area contributed by atoms with Gasteiger partial charge in [0.25, 0.3) is 0 Å². The minimum absolute atomic E-state index is 0.0545. The summed E-state index contributed by atoms with van der Waals surface area (Å²) in [4.78, 5) is 25.5. The Balaban J connectivity index is 1.32. The van der Waals surface area contributed by atoms with E-state index < -0.39 is 0 Å². The average molecular weight is 414 g/mol. The maximum absolute atomic E-state index is 12.6. The summed E-state index contributed by atoms with van der Waals surface area (Å²) in [5.74, 6) is 0.982. The van der Waals surface area contributed by atoms with Crippen LogP contribution in [-0.2, 0) is 11.8 Å². The number of hydrogen-bond acceptors (Lipinski definition) is 6. The number of rotatable bonds is 5. The molecule has 0 saturated carbocycles. The third-order valence-corrected chi connectivity index (χ3v) is 5.58. The molecule has 1 amide bonds. The highest BCUT2D eigenvalue weighted by molar-refractivity contribution is 6.30. The topological polar surface area (TPSA) is 79.2 Å². The largest absolute Gasteiger partial charge is 0.352 e. The van der Waals surface area contributed by atoms with Gasteiger partial charge in [-0.15, -0.1) is 0 Å². The van der Waals surface area contributed by atoms with Crippen molar-refractivity contribution < 1.29 is 4.79 Å².